The molecule has 2 atom stereocenters. The summed E-state index contributed by atoms with van der Waals surface area (Å²) in [4.78, 5) is 12.6. The third kappa shape index (κ3) is 3.27. The third-order valence-electron chi connectivity index (χ3n) is 3.93. The molecule has 0 N–H and O–H groups in total. The minimum absolute atomic E-state index is 0.0650. The Morgan fingerprint density at radius 3 is 2.45 bits per heavy atom. The monoisotopic (exact) mass is 295 g/mol. The first kappa shape index (κ1) is 15.2. The molecule has 20 heavy (non-hydrogen) atoms. The molecule has 5 heteroatoms. The molecule has 2 rings (SSSR count). The van der Waals surface area contributed by atoms with Gasteiger partial charge in [-0.15, -0.1) is 0 Å². The van der Waals surface area contributed by atoms with Crippen molar-refractivity contribution in [3.63, 3.8) is 0 Å². The van der Waals surface area contributed by atoms with Crippen molar-refractivity contribution >= 4 is 15.8 Å². The third-order valence-corrected chi connectivity index (χ3v) is 5.17. The number of hydrogen-bond acceptors (Lipinski definition) is 3. The van der Waals surface area contributed by atoms with E-state index in [9.17, 15) is 13.2 Å². The highest BCUT2D eigenvalue weighted by molar-refractivity contribution is 7.88. The van der Waals surface area contributed by atoms with Gasteiger partial charge < -0.3 is 0 Å². The van der Waals surface area contributed by atoms with E-state index < -0.39 is 10.0 Å². The van der Waals surface area contributed by atoms with Crippen LogP contribution in [0.4, 0.5) is 0 Å². The minimum atomic E-state index is -3.22. The number of sulfonamides is 1. The molecule has 0 radical (unpaired) electrons. The SMILES string of the molecule is CCC[C@H]1CN(S(C)(=O)=O)CC1C(=O)c1ccccc1. The molecule has 0 spiro atoms. The van der Waals surface area contributed by atoms with Crippen LogP contribution in [0.25, 0.3) is 0 Å². The van der Waals surface area contributed by atoms with Gasteiger partial charge in [-0.3, -0.25) is 4.79 Å². The summed E-state index contributed by atoms with van der Waals surface area (Å²) in [6.07, 6.45) is 3.06. The minimum Gasteiger partial charge on any atom is -0.294 e. The number of benzene rings is 1. The molecule has 0 aliphatic carbocycles. The number of carbonyl (C=O) groups is 1. The number of ketones is 1. The summed E-state index contributed by atoms with van der Waals surface area (Å²) >= 11 is 0. The van der Waals surface area contributed by atoms with Crippen LogP contribution in [0.15, 0.2) is 30.3 Å². The zero-order valence-electron chi connectivity index (χ0n) is 12.0. The first-order chi connectivity index (χ1) is 9.43. The maximum Gasteiger partial charge on any atom is 0.211 e. The predicted molar refractivity (Wildman–Crippen MR) is 79.1 cm³/mol. The van der Waals surface area contributed by atoms with Gasteiger partial charge >= 0.3 is 0 Å². The van der Waals surface area contributed by atoms with E-state index in [1.165, 1.54) is 10.6 Å². The summed E-state index contributed by atoms with van der Waals surface area (Å²) in [5.41, 5.74) is 0.675. The number of Topliss-reactive ketones (excluding diaryl/α,β-unsaturated/α-hetero) is 1. The van der Waals surface area contributed by atoms with Gasteiger partial charge in [0.2, 0.25) is 10.0 Å². The van der Waals surface area contributed by atoms with Gasteiger partial charge in [-0.2, -0.15) is 0 Å². The van der Waals surface area contributed by atoms with Gasteiger partial charge in [0.25, 0.3) is 0 Å². The van der Waals surface area contributed by atoms with Gasteiger partial charge in [0.15, 0.2) is 5.78 Å². The lowest BCUT2D eigenvalue weighted by molar-refractivity contribution is 0.0897. The quantitative estimate of drug-likeness (QED) is 0.782. The molecule has 0 saturated carbocycles. The maximum atomic E-state index is 12.6. The van der Waals surface area contributed by atoms with E-state index in [1.807, 2.05) is 18.2 Å². The second-order valence-electron chi connectivity index (χ2n) is 5.47. The van der Waals surface area contributed by atoms with Crippen LogP contribution in [0.1, 0.15) is 30.1 Å². The molecule has 0 amide bonds. The summed E-state index contributed by atoms with van der Waals surface area (Å²) in [7, 11) is -3.22. The van der Waals surface area contributed by atoms with Crippen molar-refractivity contribution in [2.45, 2.75) is 19.8 Å². The molecule has 110 valence electrons. The first-order valence-electron chi connectivity index (χ1n) is 6.98. The fraction of sp³-hybridized carbons (Fsp3) is 0.533. The van der Waals surface area contributed by atoms with E-state index in [-0.39, 0.29) is 17.6 Å². The van der Waals surface area contributed by atoms with Crippen LogP contribution in [0.2, 0.25) is 0 Å². The van der Waals surface area contributed by atoms with E-state index in [2.05, 4.69) is 6.92 Å². The highest BCUT2D eigenvalue weighted by Crippen LogP contribution is 2.31. The molecule has 0 bridgehead atoms. The zero-order chi connectivity index (χ0) is 14.8. The molecule has 1 aromatic rings. The first-order valence-corrected chi connectivity index (χ1v) is 8.82. The van der Waals surface area contributed by atoms with Gasteiger partial charge in [0.1, 0.15) is 0 Å². The van der Waals surface area contributed by atoms with E-state index in [0.29, 0.717) is 18.7 Å². The van der Waals surface area contributed by atoms with Gasteiger partial charge in [-0.05, 0) is 12.3 Å². The summed E-state index contributed by atoms with van der Waals surface area (Å²) in [6, 6.07) is 9.15. The van der Waals surface area contributed by atoms with Crippen molar-refractivity contribution in [2.75, 3.05) is 19.3 Å². The summed E-state index contributed by atoms with van der Waals surface area (Å²) < 4.78 is 24.8. The van der Waals surface area contributed by atoms with Crippen LogP contribution in [0.3, 0.4) is 0 Å². The molecule has 1 saturated heterocycles. The normalized spacial score (nSPS) is 23.9. The van der Waals surface area contributed by atoms with Crippen LogP contribution < -0.4 is 0 Å². The van der Waals surface area contributed by atoms with Crippen LogP contribution >= 0.6 is 0 Å². The van der Waals surface area contributed by atoms with Crippen molar-refractivity contribution in [1.82, 2.24) is 4.31 Å². The molecule has 1 unspecified atom stereocenters. The van der Waals surface area contributed by atoms with Crippen molar-refractivity contribution < 1.29 is 13.2 Å². The van der Waals surface area contributed by atoms with Crippen LogP contribution in [0.5, 0.6) is 0 Å². The molecule has 1 fully saturated rings. The molecular weight excluding hydrogens is 274 g/mol. The molecule has 0 aromatic heterocycles. The van der Waals surface area contributed by atoms with Crippen molar-refractivity contribution in [3.8, 4) is 0 Å². The lowest BCUT2D eigenvalue weighted by Crippen LogP contribution is -2.28. The molecule has 4 nitrogen and oxygen atoms in total. The molecule has 1 heterocycles. The van der Waals surface area contributed by atoms with Crippen LogP contribution in [-0.4, -0.2) is 37.9 Å². The number of rotatable bonds is 5. The molecule has 1 aliphatic rings. The average molecular weight is 295 g/mol. The largest absolute Gasteiger partial charge is 0.294 e. The molecule has 1 aromatic carbocycles. The van der Waals surface area contributed by atoms with Gasteiger partial charge in [-0.25, -0.2) is 12.7 Å². The Balaban J connectivity index is 2.22. The Bertz CT molecular complexity index is 568. The van der Waals surface area contributed by atoms with E-state index >= 15 is 0 Å². The predicted octanol–water partition coefficient (Wildman–Crippen LogP) is 2.18. The Morgan fingerprint density at radius 1 is 1.25 bits per heavy atom. The maximum absolute atomic E-state index is 12.6. The zero-order valence-corrected chi connectivity index (χ0v) is 12.8. The van der Waals surface area contributed by atoms with Gasteiger partial charge in [0.05, 0.1) is 6.26 Å². The van der Waals surface area contributed by atoms with Crippen molar-refractivity contribution in [1.29, 1.82) is 0 Å². The lowest BCUT2D eigenvalue weighted by Gasteiger charge is -2.16. The van der Waals surface area contributed by atoms with Crippen molar-refractivity contribution in [3.05, 3.63) is 35.9 Å². The number of nitrogens with zero attached hydrogens (tertiary/aromatic N) is 1. The highest BCUT2D eigenvalue weighted by atomic mass is 32.2. The van der Waals surface area contributed by atoms with E-state index in [1.54, 1.807) is 12.1 Å². The molecule has 1 aliphatic heterocycles. The Hall–Kier alpha value is -1.20. The average Bonchev–Trinajstić information content (AvgIpc) is 2.83. The Kier molecular flexibility index (Phi) is 4.60. The summed E-state index contributed by atoms with van der Waals surface area (Å²) in [6.45, 7) is 2.85. The second-order valence-corrected chi connectivity index (χ2v) is 7.45. The number of carbonyl (C=O) groups excluding carboxylic acids is 1. The highest BCUT2D eigenvalue weighted by Gasteiger charge is 2.40. The lowest BCUT2D eigenvalue weighted by atomic mass is 9.86. The van der Waals surface area contributed by atoms with E-state index in [0.717, 1.165) is 12.8 Å². The van der Waals surface area contributed by atoms with Crippen LogP contribution in [0, 0.1) is 11.8 Å². The number of hydrogen-bond donors (Lipinski definition) is 0. The standard InChI is InChI=1S/C15H21NO3S/c1-3-7-13-10-16(20(2,18)19)11-14(13)15(17)12-8-5-4-6-9-12/h4-6,8-9,13-14H,3,7,10-11H2,1-2H3/t13-,14?/m0/s1. The fourth-order valence-corrected chi connectivity index (χ4v) is 3.77. The second kappa shape index (κ2) is 6.06. The van der Waals surface area contributed by atoms with Gasteiger partial charge in [0, 0.05) is 24.6 Å². The summed E-state index contributed by atoms with van der Waals surface area (Å²) in [5.74, 6) is -0.0234. The summed E-state index contributed by atoms with van der Waals surface area (Å²) in [5, 5.41) is 0. The van der Waals surface area contributed by atoms with E-state index in [4.69, 9.17) is 0 Å². The van der Waals surface area contributed by atoms with Crippen LogP contribution in [-0.2, 0) is 10.0 Å². The fourth-order valence-electron chi connectivity index (χ4n) is 2.88. The smallest absolute Gasteiger partial charge is 0.211 e. The Morgan fingerprint density at radius 2 is 1.90 bits per heavy atom. The van der Waals surface area contributed by atoms with Gasteiger partial charge in [-0.1, -0.05) is 43.7 Å². The van der Waals surface area contributed by atoms with Crippen molar-refractivity contribution in [2.24, 2.45) is 11.8 Å². The topological polar surface area (TPSA) is 54.5 Å². The Labute approximate surface area is 120 Å². The molecular formula is C15H21NO3S.